The number of ether oxygens (including phenoxy) is 6. The minimum atomic E-state index is -0.595. The Morgan fingerprint density at radius 1 is 0.526 bits per heavy atom. The maximum absolute atomic E-state index is 7.22. The number of hydrogen-bond acceptors (Lipinski definition) is 6. The minimum absolute atomic E-state index is 0.267. The quantitative estimate of drug-likeness (QED) is 0.0865. The molecule has 0 aliphatic carbocycles. The fourth-order valence-corrected chi connectivity index (χ4v) is 7.54. The summed E-state index contributed by atoms with van der Waals surface area (Å²) < 4.78 is 40.5. The van der Waals surface area contributed by atoms with E-state index in [1.165, 1.54) is 5.56 Å². The molecule has 6 nitrogen and oxygen atoms in total. The summed E-state index contributed by atoms with van der Waals surface area (Å²) in [5.41, 5.74) is 8.46. The van der Waals surface area contributed by atoms with Crippen molar-refractivity contribution in [2.24, 2.45) is 0 Å². The Hall–Kier alpha value is -4.79. The molecule has 7 rings (SSSR count). The summed E-state index contributed by atoms with van der Waals surface area (Å²) >= 11 is 7.07. The van der Waals surface area contributed by atoms with Gasteiger partial charge in [-0.1, -0.05) is 170 Å². The van der Waals surface area contributed by atoms with Crippen LogP contribution >= 0.6 is 11.6 Å². The van der Waals surface area contributed by atoms with Crippen LogP contribution in [0.4, 0.5) is 0 Å². The second kappa shape index (κ2) is 20.6. The van der Waals surface area contributed by atoms with E-state index in [0.29, 0.717) is 43.6 Å². The fourth-order valence-electron chi connectivity index (χ4n) is 7.29. The monoisotopic (exact) mass is 782 g/mol. The van der Waals surface area contributed by atoms with Crippen molar-refractivity contribution in [3.8, 4) is 5.75 Å². The number of hydrogen-bond donors (Lipinski definition) is 0. The van der Waals surface area contributed by atoms with E-state index in [4.69, 9.17) is 40.0 Å². The molecule has 1 saturated heterocycles. The molecule has 0 spiro atoms. The third kappa shape index (κ3) is 11.0. The molecule has 1 heterocycles. The topological polar surface area (TPSA) is 55.4 Å². The van der Waals surface area contributed by atoms with Crippen LogP contribution in [0.25, 0.3) is 0 Å². The zero-order valence-corrected chi connectivity index (χ0v) is 33.4. The Balaban J connectivity index is 1.29. The molecule has 1 aliphatic heterocycles. The van der Waals surface area contributed by atoms with Gasteiger partial charge in [0.05, 0.1) is 45.2 Å². The molecule has 0 saturated carbocycles. The van der Waals surface area contributed by atoms with E-state index in [9.17, 15) is 0 Å². The van der Waals surface area contributed by atoms with Crippen LogP contribution in [0, 0.1) is 0 Å². The van der Waals surface area contributed by atoms with Crippen LogP contribution in [0.1, 0.15) is 57.5 Å². The van der Waals surface area contributed by atoms with Crippen molar-refractivity contribution in [3.63, 3.8) is 0 Å². The maximum Gasteiger partial charge on any atom is 0.138 e. The predicted octanol–water partition coefficient (Wildman–Crippen LogP) is 10.9. The van der Waals surface area contributed by atoms with E-state index >= 15 is 0 Å². The normalized spacial score (nSPS) is 19.3. The van der Waals surface area contributed by atoms with Crippen molar-refractivity contribution in [3.05, 3.63) is 207 Å². The van der Waals surface area contributed by atoms with E-state index < -0.39 is 30.5 Å². The third-order valence-corrected chi connectivity index (χ3v) is 10.8. The molecule has 0 radical (unpaired) electrons. The number of rotatable bonds is 18. The Kier molecular flexibility index (Phi) is 14.6. The Bertz CT molecular complexity index is 2080. The van der Waals surface area contributed by atoms with Crippen LogP contribution in [-0.2, 0) is 63.0 Å². The molecule has 6 aromatic carbocycles. The van der Waals surface area contributed by atoms with Crippen molar-refractivity contribution in [2.45, 2.75) is 76.7 Å². The van der Waals surface area contributed by atoms with E-state index in [0.717, 1.165) is 45.4 Å². The summed E-state index contributed by atoms with van der Waals surface area (Å²) in [4.78, 5) is 0. The molecule has 1 aliphatic rings. The highest BCUT2D eigenvalue weighted by Gasteiger charge is 2.49. The van der Waals surface area contributed by atoms with Gasteiger partial charge in [0, 0.05) is 0 Å². The molecule has 0 amide bonds. The average Bonchev–Trinajstić information content (AvgIpc) is 3.27. The van der Waals surface area contributed by atoms with Crippen molar-refractivity contribution < 1.29 is 28.4 Å². The minimum Gasteiger partial charge on any atom is -0.495 e. The van der Waals surface area contributed by atoms with Crippen molar-refractivity contribution in [1.29, 1.82) is 0 Å². The molecule has 57 heavy (non-hydrogen) atoms. The highest BCUT2D eigenvalue weighted by Crippen LogP contribution is 2.42. The molecule has 0 N–H and O–H groups in total. The average molecular weight is 783 g/mol. The predicted molar refractivity (Wildman–Crippen MR) is 225 cm³/mol. The number of halogens is 1. The molecular formula is C50H51ClO6. The molecule has 7 heteroatoms. The SMILES string of the molecule is CCc1ccc(Cc2cc(C3O[C@H](COCc4ccccc4)[C@@H](OCc4ccccc4)[C@H](OCc4ccccc4)[C@H]3OCc3ccccc3)cc(OC)c2Cl)cc1. The molecule has 5 atom stereocenters. The zero-order chi connectivity index (χ0) is 39.2. The van der Waals surface area contributed by atoms with Gasteiger partial charge < -0.3 is 28.4 Å². The van der Waals surface area contributed by atoms with E-state index in [1.807, 2.05) is 78.9 Å². The van der Waals surface area contributed by atoms with E-state index in [2.05, 4.69) is 85.8 Å². The van der Waals surface area contributed by atoms with Gasteiger partial charge in [-0.3, -0.25) is 0 Å². The van der Waals surface area contributed by atoms with Crippen LogP contribution < -0.4 is 4.74 Å². The first-order valence-corrected chi connectivity index (χ1v) is 20.1. The Morgan fingerprint density at radius 2 is 1.00 bits per heavy atom. The lowest BCUT2D eigenvalue weighted by Crippen LogP contribution is -2.58. The van der Waals surface area contributed by atoms with Crippen LogP contribution in [0.5, 0.6) is 5.75 Å². The lowest BCUT2D eigenvalue weighted by atomic mass is 9.89. The molecule has 294 valence electrons. The van der Waals surface area contributed by atoms with E-state index in [1.54, 1.807) is 7.11 Å². The van der Waals surface area contributed by atoms with Gasteiger partial charge in [-0.05, 0) is 63.4 Å². The first-order chi connectivity index (χ1) is 28.1. The largest absolute Gasteiger partial charge is 0.495 e. The summed E-state index contributed by atoms with van der Waals surface area (Å²) in [5, 5.41) is 0.571. The van der Waals surface area contributed by atoms with Crippen molar-refractivity contribution in [1.82, 2.24) is 0 Å². The maximum atomic E-state index is 7.22. The number of aryl methyl sites for hydroxylation is 1. The van der Waals surface area contributed by atoms with Crippen molar-refractivity contribution in [2.75, 3.05) is 13.7 Å². The Labute approximate surface area is 342 Å². The highest BCUT2D eigenvalue weighted by atomic mass is 35.5. The third-order valence-electron chi connectivity index (χ3n) is 10.4. The smallest absolute Gasteiger partial charge is 0.138 e. The second-order valence-corrected chi connectivity index (χ2v) is 14.8. The molecule has 0 aromatic heterocycles. The number of methoxy groups -OCH3 is 1. The van der Waals surface area contributed by atoms with Gasteiger partial charge in [0.15, 0.2) is 0 Å². The molecule has 1 fully saturated rings. The molecule has 0 bridgehead atoms. The first-order valence-electron chi connectivity index (χ1n) is 19.8. The van der Waals surface area contributed by atoms with Crippen LogP contribution in [-0.4, -0.2) is 38.1 Å². The molecule has 6 aromatic rings. The zero-order valence-electron chi connectivity index (χ0n) is 32.7. The van der Waals surface area contributed by atoms with Crippen LogP contribution in [0.3, 0.4) is 0 Å². The fraction of sp³-hybridized carbons (Fsp3) is 0.280. The van der Waals surface area contributed by atoms with Gasteiger partial charge in [-0.25, -0.2) is 0 Å². The van der Waals surface area contributed by atoms with Gasteiger partial charge in [-0.15, -0.1) is 0 Å². The summed E-state index contributed by atoms with van der Waals surface area (Å²) in [6.45, 7) is 3.92. The summed E-state index contributed by atoms with van der Waals surface area (Å²) in [6.07, 6.45) is -1.22. The van der Waals surface area contributed by atoms with Gasteiger partial charge >= 0.3 is 0 Å². The standard InChI is InChI=1S/C50H51ClO6/c1-3-36-24-26-37(27-25-36)28-42-29-43(30-44(52-2)46(42)51)47-49(55-33-40-20-12-6-13-21-40)50(56-34-41-22-14-7-15-23-41)48(54-32-39-18-10-5-11-19-39)45(57-47)35-53-31-38-16-8-4-9-17-38/h4-27,29-30,45,47-50H,3,28,31-35H2,1-2H3/t45-,47?,48-,49+,50+/m1/s1. The summed E-state index contributed by atoms with van der Waals surface area (Å²) in [6, 6.07) is 53.5. The number of benzene rings is 6. The van der Waals surface area contributed by atoms with Gasteiger partial charge in [0.1, 0.15) is 36.3 Å². The van der Waals surface area contributed by atoms with Gasteiger partial charge in [-0.2, -0.15) is 0 Å². The second-order valence-electron chi connectivity index (χ2n) is 14.4. The lowest BCUT2D eigenvalue weighted by Gasteiger charge is -2.46. The summed E-state index contributed by atoms with van der Waals surface area (Å²) in [5.74, 6) is 0.570. The van der Waals surface area contributed by atoms with Crippen molar-refractivity contribution >= 4 is 11.6 Å². The van der Waals surface area contributed by atoms with Crippen LogP contribution in [0.2, 0.25) is 5.02 Å². The van der Waals surface area contributed by atoms with Gasteiger partial charge in [0.25, 0.3) is 0 Å². The first kappa shape index (κ1) is 40.4. The lowest BCUT2D eigenvalue weighted by molar-refractivity contribution is -0.275. The molecular weight excluding hydrogens is 732 g/mol. The van der Waals surface area contributed by atoms with Crippen LogP contribution in [0.15, 0.2) is 158 Å². The Morgan fingerprint density at radius 3 is 1.51 bits per heavy atom. The summed E-state index contributed by atoms with van der Waals surface area (Å²) in [7, 11) is 1.65. The molecule has 1 unspecified atom stereocenters. The highest BCUT2D eigenvalue weighted by molar-refractivity contribution is 6.32. The van der Waals surface area contributed by atoms with E-state index in [-0.39, 0.29) is 6.61 Å². The van der Waals surface area contributed by atoms with Gasteiger partial charge in [0.2, 0.25) is 0 Å².